The molecule has 2 N–H and O–H groups in total. The Morgan fingerprint density at radius 1 is 1.41 bits per heavy atom. The van der Waals surface area contributed by atoms with Crippen molar-refractivity contribution in [1.29, 1.82) is 0 Å². The third-order valence-corrected chi connectivity index (χ3v) is 2.04. The zero-order valence-corrected chi connectivity index (χ0v) is 9.40. The van der Waals surface area contributed by atoms with Gasteiger partial charge in [-0.1, -0.05) is 18.7 Å². The lowest BCUT2D eigenvalue weighted by molar-refractivity contribution is -0.136. The Morgan fingerprint density at radius 2 is 2.06 bits per heavy atom. The Kier molecular flexibility index (Phi) is 4.28. The number of carboxylic acids is 1. The second-order valence-electron chi connectivity index (χ2n) is 3.33. The number of amides is 1. The number of carbonyl (C=O) groups is 2. The fourth-order valence-corrected chi connectivity index (χ4v) is 1.22. The topological polar surface area (TPSA) is 75.6 Å². The van der Waals surface area contributed by atoms with Gasteiger partial charge in [0.05, 0.1) is 19.2 Å². The molecular formula is C12H13NO4. The third kappa shape index (κ3) is 3.64. The number of ether oxygens (including phenoxy) is 1. The van der Waals surface area contributed by atoms with Crippen molar-refractivity contribution in [3.63, 3.8) is 0 Å². The molecule has 0 aromatic heterocycles. The molecule has 0 aliphatic carbocycles. The van der Waals surface area contributed by atoms with Gasteiger partial charge in [0, 0.05) is 5.57 Å². The molecule has 0 radical (unpaired) electrons. The van der Waals surface area contributed by atoms with Crippen molar-refractivity contribution >= 4 is 17.6 Å². The lowest BCUT2D eigenvalue weighted by Gasteiger charge is -2.10. The van der Waals surface area contributed by atoms with Crippen molar-refractivity contribution in [1.82, 2.24) is 0 Å². The fraction of sp³-hybridized carbons (Fsp3) is 0.167. The number of benzene rings is 1. The number of aliphatic carboxylic acids is 1. The van der Waals surface area contributed by atoms with Crippen LogP contribution in [0.5, 0.6) is 5.75 Å². The molecule has 0 aliphatic heterocycles. The number of rotatable bonds is 5. The van der Waals surface area contributed by atoms with Crippen LogP contribution in [0.4, 0.5) is 5.69 Å². The summed E-state index contributed by atoms with van der Waals surface area (Å²) in [4.78, 5) is 22.0. The second-order valence-corrected chi connectivity index (χ2v) is 3.33. The van der Waals surface area contributed by atoms with Gasteiger partial charge in [0.25, 0.3) is 5.91 Å². The summed E-state index contributed by atoms with van der Waals surface area (Å²) in [6, 6.07) is 6.85. The number of nitrogens with one attached hydrogen (secondary N) is 1. The summed E-state index contributed by atoms with van der Waals surface area (Å²) in [7, 11) is 1.48. The van der Waals surface area contributed by atoms with Crippen LogP contribution in [-0.4, -0.2) is 24.1 Å². The highest BCUT2D eigenvalue weighted by molar-refractivity contribution is 6.06. The van der Waals surface area contributed by atoms with Crippen LogP contribution in [0.1, 0.15) is 6.42 Å². The van der Waals surface area contributed by atoms with Gasteiger partial charge in [-0.3, -0.25) is 9.59 Å². The molecule has 0 heterocycles. The van der Waals surface area contributed by atoms with E-state index in [4.69, 9.17) is 9.84 Å². The maximum atomic E-state index is 11.6. The van der Waals surface area contributed by atoms with Crippen LogP contribution in [0.3, 0.4) is 0 Å². The standard InChI is InChI=1S/C12H13NO4/c1-8(7-11(14)15)12(16)13-9-5-3-4-6-10(9)17-2/h3-6H,1,7H2,2H3,(H,13,16)(H,14,15). The first-order valence-electron chi connectivity index (χ1n) is 4.88. The number of anilines is 1. The van der Waals surface area contributed by atoms with Crippen LogP contribution in [0.2, 0.25) is 0 Å². The zero-order chi connectivity index (χ0) is 12.8. The molecule has 0 fully saturated rings. The van der Waals surface area contributed by atoms with Crippen molar-refractivity contribution in [3.8, 4) is 5.75 Å². The van der Waals surface area contributed by atoms with Gasteiger partial charge in [-0.05, 0) is 12.1 Å². The van der Waals surface area contributed by atoms with Crippen molar-refractivity contribution in [2.75, 3.05) is 12.4 Å². The molecule has 0 spiro atoms. The normalized spacial score (nSPS) is 9.47. The van der Waals surface area contributed by atoms with Gasteiger partial charge in [-0.25, -0.2) is 0 Å². The van der Waals surface area contributed by atoms with Crippen LogP contribution < -0.4 is 10.1 Å². The number of hydrogen-bond acceptors (Lipinski definition) is 3. The Morgan fingerprint density at radius 3 is 2.65 bits per heavy atom. The van der Waals surface area contributed by atoms with Gasteiger partial charge >= 0.3 is 5.97 Å². The molecule has 1 rings (SSSR count). The minimum atomic E-state index is -1.09. The smallest absolute Gasteiger partial charge is 0.308 e. The average molecular weight is 235 g/mol. The molecule has 5 nitrogen and oxygen atoms in total. The van der Waals surface area contributed by atoms with E-state index in [0.29, 0.717) is 11.4 Å². The Hall–Kier alpha value is -2.30. The molecule has 1 aromatic rings. The van der Waals surface area contributed by atoms with E-state index in [1.54, 1.807) is 24.3 Å². The monoisotopic (exact) mass is 235 g/mol. The van der Waals surface area contributed by atoms with Crippen LogP contribution in [0, 0.1) is 0 Å². The van der Waals surface area contributed by atoms with Gasteiger partial charge in [0.2, 0.25) is 0 Å². The first kappa shape index (κ1) is 12.8. The summed E-state index contributed by atoms with van der Waals surface area (Å²) in [5.74, 6) is -1.12. The highest BCUT2D eigenvalue weighted by Gasteiger charge is 2.12. The fourth-order valence-electron chi connectivity index (χ4n) is 1.22. The van der Waals surface area contributed by atoms with Crippen molar-refractivity contribution in [2.24, 2.45) is 0 Å². The maximum Gasteiger partial charge on any atom is 0.308 e. The SMILES string of the molecule is C=C(CC(=O)O)C(=O)Nc1ccccc1OC. The highest BCUT2D eigenvalue weighted by Crippen LogP contribution is 2.23. The Bertz CT molecular complexity index is 454. The van der Waals surface area contributed by atoms with Gasteiger partial charge in [0.1, 0.15) is 5.75 Å². The van der Waals surface area contributed by atoms with E-state index in [1.165, 1.54) is 7.11 Å². The molecule has 1 amide bonds. The molecular weight excluding hydrogens is 222 g/mol. The van der Waals surface area contributed by atoms with Crippen molar-refractivity contribution < 1.29 is 19.4 Å². The van der Waals surface area contributed by atoms with Crippen molar-refractivity contribution in [2.45, 2.75) is 6.42 Å². The largest absolute Gasteiger partial charge is 0.495 e. The average Bonchev–Trinajstić information content (AvgIpc) is 2.28. The van der Waals surface area contributed by atoms with E-state index in [1.807, 2.05) is 0 Å². The third-order valence-electron chi connectivity index (χ3n) is 2.04. The number of hydrogen-bond donors (Lipinski definition) is 2. The summed E-state index contributed by atoms with van der Waals surface area (Å²) < 4.78 is 5.05. The lowest BCUT2D eigenvalue weighted by atomic mass is 10.2. The molecule has 90 valence electrons. The van der Waals surface area contributed by atoms with E-state index < -0.39 is 11.9 Å². The quantitative estimate of drug-likeness (QED) is 0.761. The zero-order valence-electron chi connectivity index (χ0n) is 9.40. The van der Waals surface area contributed by atoms with Gasteiger partial charge < -0.3 is 15.2 Å². The van der Waals surface area contributed by atoms with E-state index >= 15 is 0 Å². The minimum absolute atomic E-state index is 0.0107. The molecule has 17 heavy (non-hydrogen) atoms. The summed E-state index contributed by atoms with van der Waals surface area (Å²) in [5.41, 5.74) is 0.468. The summed E-state index contributed by atoms with van der Waals surface area (Å²) in [5, 5.41) is 11.1. The number of carbonyl (C=O) groups excluding carboxylic acids is 1. The molecule has 0 aliphatic rings. The van der Waals surface area contributed by atoms with Crippen LogP contribution in [-0.2, 0) is 9.59 Å². The second kappa shape index (κ2) is 5.69. The Balaban J connectivity index is 2.74. The predicted octanol–water partition coefficient (Wildman–Crippen LogP) is 1.66. The maximum absolute atomic E-state index is 11.6. The van der Waals surface area contributed by atoms with Crippen LogP contribution in [0.25, 0.3) is 0 Å². The van der Waals surface area contributed by atoms with Crippen LogP contribution >= 0.6 is 0 Å². The number of carboxylic acid groups (broad SMARTS) is 1. The van der Waals surface area contributed by atoms with Gasteiger partial charge in [-0.15, -0.1) is 0 Å². The summed E-state index contributed by atoms with van der Waals surface area (Å²) >= 11 is 0. The van der Waals surface area contributed by atoms with E-state index in [2.05, 4.69) is 11.9 Å². The molecule has 0 atom stereocenters. The summed E-state index contributed by atoms with van der Waals surface area (Å²) in [6.45, 7) is 3.41. The molecule has 0 saturated carbocycles. The first-order valence-corrected chi connectivity index (χ1v) is 4.88. The van der Waals surface area contributed by atoms with Gasteiger partial charge in [0.15, 0.2) is 0 Å². The molecule has 1 aromatic carbocycles. The molecule has 0 unspecified atom stereocenters. The number of methoxy groups -OCH3 is 1. The van der Waals surface area contributed by atoms with Gasteiger partial charge in [-0.2, -0.15) is 0 Å². The van der Waals surface area contributed by atoms with E-state index in [-0.39, 0.29) is 12.0 Å². The first-order chi connectivity index (χ1) is 8.04. The van der Waals surface area contributed by atoms with E-state index in [0.717, 1.165) is 0 Å². The molecule has 0 saturated heterocycles. The Labute approximate surface area is 98.7 Å². The lowest BCUT2D eigenvalue weighted by Crippen LogP contribution is -2.16. The summed E-state index contributed by atoms with van der Waals surface area (Å²) in [6.07, 6.45) is -0.388. The highest BCUT2D eigenvalue weighted by atomic mass is 16.5. The number of para-hydroxylation sites is 2. The molecule has 5 heteroatoms. The predicted molar refractivity (Wildman–Crippen MR) is 63.0 cm³/mol. The minimum Gasteiger partial charge on any atom is -0.495 e. The van der Waals surface area contributed by atoms with E-state index in [9.17, 15) is 9.59 Å². The molecule has 0 bridgehead atoms. The van der Waals surface area contributed by atoms with Crippen molar-refractivity contribution in [3.05, 3.63) is 36.4 Å². The van der Waals surface area contributed by atoms with Crippen LogP contribution in [0.15, 0.2) is 36.4 Å².